The summed E-state index contributed by atoms with van der Waals surface area (Å²) in [5.74, 6) is 2.07. The van der Waals surface area contributed by atoms with E-state index in [1.807, 2.05) is 6.20 Å². The van der Waals surface area contributed by atoms with Crippen LogP contribution in [0.3, 0.4) is 0 Å². The number of H-pyrrole nitrogens is 1. The van der Waals surface area contributed by atoms with Gasteiger partial charge in [0.1, 0.15) is 5.82 Å². The van der Waals surface area contributed by atoms with Crippen molar-refractivity contribution in [2.75, 3.05) is 36.4 Å². The Labute approximate surface area is 214 Å². The molecule has 2 aliphatic heterocycles. The van der Waals surface area contributed by atoms with Crippen LogP contribution in [0, 0.1) is 0 Å². The lowest BCUT2D eigenvalue weighted by atomic mass is 9.96. The summed E-state index contributed by atoms with van der Waals surface area (Å²) in [6.45, 7) is 5.28. The Kier molecular flexibility index (Phi) is 7.17. The van der Waals surface area contributed by atoms with Crippen molar-refractivity contribution >= 4 is 11.8 Å². The molecule has 0 radical (unpaired) electrons. The van der Waals surface area contributed by atoms with Crippen molar-refractivity contribution < 1.29 is 0 Å². The summed E-state index contributed by atoms with van der Waals surface area (Å²) in [6, 6.07) is 10.9. The number of hydrogen-bond donors (Lipinski definition) is 2. The number of piperidine rings is 1. The molecule has 0 spiro atoms. The van der Waals surface area contributed by atoms with Crippen LogP contribution in [-0.2, 0) is 19.4 Å². The normalized spacial score (nSPS) is 21.1. The molecule has 1 atom stereocenters. The number of likely N-dealkylation sites (tertiary alicyclic amines) is 1. The third kappa shape index (κ3) is 5.26. The largest absolute Gasteiger partial charge is 0.356 e. The van der Waals surface area contributed by atoms with Gasteiger partial charge in [-0.3, -0.25) is 10.00 Å². The van der Waals surface area contributed by atoms with E-state index in [4.69, 9.17) is 9.97 Å². The first-order valence-electron chi connectivity index (χ1n) is 14.0. The number of nitrogens with one attached hydrogen (secondary N) is 2. The highest BCUT2D eigenvalue weighted by Crippen LogP contribution is 2.31. The van der Waals surface area contributed by atoms with Crippen LogP contribution in [0.4, 0.5) is 11.8 Å². The number of aromatic amines is 1. The van der Waals surface area contributed by atoms with Gasteiger partial charge in [-0.2, -0.15) is 10.1 Å². The molecule has 190 valence electrons. The van der Waals surface area contributed by atoms with E-state index in [2.05, 4.69) is 55.6 Å². The first-order valence-corrected chi connectivity index (χ1v) is 14.0. The van der Waals surface area contributed by atoms with E-state index in [9.17, 15) is 0 Å². The first-order chi connectivity index (χ1) is 17.8. The lowest BCUT2D eigenvalue weighted by molar-refractivity contribution is 0.208. The Morgan fingerprint density at radius 3 is 2.58 bits per heavy atom. The van der Waals surface area contributed by atoms with E-state index in [-0.39, 0.29) is 0 Å². The minimum atomic E-state index is 0.365. The highest BCUT2D eigenvalue weighted by Gasteiger charge is 2.26. The molecule has 1 aliphatic carbocycles. The van der Waals surface area contributed by atoms with Gasteiger partial charge in [0.25, 0.3) is 0 Å². The second-order valence-corrected chi connectivity index (χ2v) is 10.8. The first kappa shape index (κ1) is 23.5. The third-order valence-electron chi connectivity index (χ3n) is 8.08. The quantitative estimate of drug-likeness (QED) is 0.500. The maximum atomic E-state index is 5.17. The molecule has 0 amide bonds. The summed E-state index contributed by atoms with van der Waals surface area (Å²) in [5, 5.41) is 11.3. The third-order valence-corrected chi connectivity index (χ3v) is 8.08. The minimum Gasteiger partial charge on any atom is -0.356 e. The number of nitrogens with zero attached hydrogens (tertiary/aromatic N) is 5. The average molecular weight is 486 g/mol. The van der Waals surface area contributed by atoms with Gasteiger partial charge in [-0.05, 0) is 63.5 Å². The van der Waals surface area contributed by atoms with E-state index >= 15 is 0 Å². The standard InChI is InChI=1S/C29H39N7/c1-2-9-18-36(17-8-1)28-25-14-6-7-15-26(25)32-29(33-28)31-24-13-10-16-35(21-24)20-23-19-30-34-27(23)22-11-4-3-5-12-22/h3-5,11-12,19,24H,1-2,6-10,13-18,20-21H2,(H,30,34)(H,31,32,33). The summed E-state index contributed by atoms with van der Waals surface area (Å²) < 4.78 is 0. The molecule has 2 N–H and O–H groups in total. The van der Waals surface area contributed by atoms with Gasteiger partial charge in [-0.25, -0.2) is 4.98 Å². The molecule has 3 aromatic rings. The molecular formula is C29H39N7. The topological polar surface area (TPSA) is 73.0 Å². The maximum absolute atomic E-state index is 5.17. The highest BCUT2D eigenvalue weighted by atomic mass is 15.3. The molecule has 4 heterocycles. The van der Waals surface area contributed by atoms with E-state index in [0.29, 0.717) is 6.04 Å². The van der Waals surface area contributed by atoms with Crippen LogP contribution in [-0.4, -0.2) is 57.3 Å². The number of fused-ring (bicyclic) bond motifs is 1. The minimum absolute atomic E-state index is 0.365. The predicted octanol–water partition coefficient (Wildman–Crippen LogP) is 5.20. The van der Waals surface area contributed by atoms with Crippen molar-refractivity contribution in [1.82, 2.24) is 25.1 Å². The van der Waals surface area contributed by atoms with Crippen LogP contribution in [0.25, 0.3) is 11.3 Å². The molecule has 1 unspecified atom stereocenters. The Morgan fingerprint density at radius 1 is 0.889 bits per heavy atom. The van der Waals surface area contributed by atoms with Gasteiger partial charge < -0.3 is 10.2 Å². The summed E-state index contributed by atoms with van der Waals surface area (Å²) >= 11 is 0. The number of rotatable bonds is 6. The van der Waals surface area contributed by atoms with Gasteiger partial charge in [0.15, 0.2) is 0 Å². The zero-order valence-electron chi connectivity index (χ0n) is 21.4. The van der Waals surface area contributed by atoms with Crippen LogP contribution in [0.15, 0.2) is 36.5 Å². The second kappa shape index (κ2) is 11.0. The Hall–Kier alpha value is -2.93. The molecule has 0 saturated carbocycles. The van der Waals surface area contributed by atoms with Crippen molar-refractivity contribution in [1.29, 1.82) is 0 Å². The summed E-state index contributed by atoms with van der Waals surface area (Å²) in [4.78, 5) is 15.3. The van der Waals surface area contributed by atoms with Crippen LogP contribution in [0.2, 0.25) is 0 Å². The van der Waals surface area contributed by atoms with Crippen molar-refractivity contribution in [2.24, 2.45) is 0 Å². The lowest BCUT2D eigenvalue weighted by Gasteiger charge is -2.34. The predicted molar refractivity (Wildman–Crippen MR) is 145 cm³/mol. The van der Waals surface area contributed by atoms with Crippen LogP contribution in [0.5, 0.6) is 0 Å². The van der Waals surface area contributed by atoms with Crippen LogP contribution in [0.1, 0.15) is 68.2 Å². The Bertz CT molecular complexity index is 1130. The molecule has 1 aromatic carbocycles. The number of aryl methyl sites for hydroxylation is 1. The molecule has 7 nitrogen and oxygen atoms in total. The summed E-state index contributed by atoms with van der Waals surface area (Å²) in [6.07, 6.45) is 14.3. The van der Waals surface area contributed by atoms with Crippen LogP contribution >= 0.6 is 0 Å². The van der Waals surface area contributed by atoms with Gasteiger partial charge in [0.05, 0.1) is 17.6 Å². The number of benzene rings is 1. The molecule has 6 rings (SSSR count). The molecule has 2 saturated heterocycles. The van der Waals surface area contributed by atoms with Crippen LogP contribution < -0.4 is 10.2 Å². The van der Waals surface area contributed by atoms with E-state index < -0.39 is 0 Å². The van der Waals surface area contributed by atoms with Gasteiger partial charge >= 0.3 is 0 Å². The second-order valence-electron chi connectivity index (χ2n) is 10.8. The fourth-order valence-corrected chi connectivity index (χ4v) is 6.21. The van der Waals surface area contributed by atoms with E-state index in [1.165, 1.54) is 73.1 Å². The molecule has 0 bridgehead atoms. The number of anilines is 2. The maximum Gasteiger partial charge on any atom is 0.225 e. The SMILES string of the molecule is c1ccc(-c2[nH]ncc2CN2CCCC(Nc3nc4c(c(N5CCCCCC5)n3)CCCC4)C2)cc1. The Morgan fingerprint density at radius 2 is 1.72 bits per heavy atom. The van der Waals surface area contributed by atoms with Crippen molar-refractivity contribution in [2.45, 2.75) is 76.8 Å². The van der Waals surface area contributed by atoms with Gasteiger partial charge in [0.2, 0.25) is 5.95 Å². The van der Waals surface area contributed by atoms with Gasteiger partial charge in [-0.15, -0.1) is 0 Å². The monoisotopic (exact) mass is 485 g/mol. The zero-order valence-corrected chi connectivity index (χ0v) is 21.4. The number of aromatic nitrogens is 4. The molecule has 3 aliphatic rings. The molecule has 2 aromatic heterocycles. The van der Waals surface area contributed by atoms with Crippen molar-refractivity contribution in [3.05, 3.63) is 53.3 Å². The molecule has 7 heteroatoms. The smallest absolute Gasteiger partial charge is 0.225 e. The molecule has 36 heavy (non-hydrogen) atoms. The zero-order chi connectivity index (χ0) is 24.2. The lowest BCUT2D eigenvalue weighted by Crippen LogP contribution is -2.42. The fraction of sp³-hybridized carbons (Fsp3) is 0.552. The molecule has 2 fully saturated rings. The highest BCUT2D eigenvalue weighted by molar-refractivity contribution is 5.62. The van der Waals surface area contributed by atoms with E-state index in [0.717, 1.165) is 63.6 Å². The van der Waals surface area contributed by atoms with E-state index in [1.54, 1.807) is 0 Å². The van der Waals surface area contributed by atoms with Gasteiger partial charge in [0, 0.05) is 43.3 Å². The molecular weight excluding hydrogens is 446 g/mol. The summed E-state index contributed by atoms with van der Waals surface area (Å²) in [5.41, 5.74) is 6.30. The average Bonchev–Trinajstić information content (AvgIpc) is 3.20. The van der Waals surface area contributed by atoms with Crippen molar-refractivity contribution in [3.8, 4) is 11.3 Å². The van der Waals surface area contributed by atoms with Crippen molar-refractivity contribution in [3.63, 3.8) is 0 Å². The fourth-order valence-electron chi connectivity index (χ4n) is 6.21. The van der Waals surface area contributed by atoms with Gasteiger partial charge in [-0.1, -0.05) is 43.2 Å². The Balaban J connectivity index is 1.17. The summed E-state index contributed by atoms with van der Waals surface area (Å²) in [7, 11) is 0. The number of hydrogen-bond acceptors (Lipinski definition) is 6.